The summed E-state index contributed by atoms with van der Waals surface area (Å²) in [7, 11) is 2.04. The number of aromatic nitrogens is 2. The minimum Gasteiger partial charge on any atom is -0.350 e. The van der Waals surface area contributed by atoms with Crippen LogP contribution in [-0.4, -0.2) is 38.2 Å². The highest BCUT2D eigenvalue weighted by Crippen LogP contribution is 2.48. The quantitative estimate of drug-likeness (QED) is 0.166. The van der Waals surface area contributed by atoms with Gasteiger partial charge in [0.2, 0.25) is 0 Å². The topological polar surface area (TPSA) is 99.2 Å². The van der Waals surface area contributed by atoms with E-state index in [4.69, 9.17) is 0 Å². The zero-order valence-electron chi connectivity index (χ0n) is 26.9. The average Bonchev–Trinajstić information content (AvgIpc) is 3.74. The van der Waals surface area contributed by atoms with E-state index in [1.54, 1.807) is 11.0 Å². The maximum atomic E-state index is 14.5. The maximum Gasteiger partial charge on any atom is 0.286 e. The summed E-state index contributed by atoms with van der Waals surface area (Å²) in [5.41, 5.74) is 13.0. The fourth-order valence-corrected chi connectivity index (χ4v) is 7.08. The number of hydrazine groups is 1. The summed E-state index contributed by atoms with van der Waals surface area (Å²) >= 11 is 0. The van der Waals surface area contributed by atoms with Gasteiger partial charge >= 0.3 is 0 Å². The molecule has 3 unspecified atom stereocenters. The Labute approximate surface area is 273 Å². The number of para-hydroxylation sites is 1. The second kappa shape index (κ2) is 11.9. The summed E-state index contributed by atoms with van der Waals surface area (Å²) in [5.74, 6) is -1.36. The summed E-state index contributed by atoms with van der Waals surface area (Å²) in [6, 6.07) is 32.2. The molecule has 3 amide bonds. The Bertz CT molecular complexity index is 2160. The maximum absolute atomic E-state index is 14.5. The molecular formula is C39H37N5O3. The van der Waals surface area contributed by atoms with Gasteiger partial charge in [-0.2, -0.15) is 0 Å². The minimum atomic E-state index is -0.877. The predicted molar refractivity (Wildman–Crippen MR) is 185 cm³/mol. The number of H-pyrrole nitrogens is 1. The van der Waals surface area contributed by atoms with Crippen LogP contribution in [0.1, 0.15) is 63.8 Å². The van der Waals surface area contributed by atoms with Gasteiger partial charge in [0.05, 0.1) is 11.7 Å². The van der Waals surface area contributed by atoms with Crippen LogP contribution in [0, 0.1) is 12.8 Å². The van der Waals surface area contributed by atoms with Crippen LogP contribution in [0.3, 0.4) is 0 Å². The molecule has 3 N–H and O–H groups in total. The zero-order valence-corrected chi connectivity index (χ0v) is 26.9. The normalized spacial score (nSPS) is 15.5. The van der Waals surface area contributed by atoms with Crippen molar-refractivity contribution in [2.45, 2.75) is 39.3 Å². The summed E-state index contributed by atoms with van der Waals surface area (Å²) in [5, 5.41) is 1.92. The largest absolute Gasteiger partial charge is 0.350 e. The number of hydrogen-bond donors (Lipinski definition) is 3. The molecule has 2 aromatic heterocycles. The number of fused-ring (bicyclic) bond motifs is 3. The molecule has 4 aromatic carbocycles. The Balaban J connectivity index is 1.31. The molecule has 0 radical (unpaired) electrons. The van der Waals surface area contributed by atoms with Crippen molar-refractivity contribution >= 4 is 39.5 Å². The van der Waals surface area contributed by atoms with Crippen LogP contribution in [-0.2, 0) is 11.8 Å². The van der Waals surface area contributed by atoms with Gasteiger partial charge < -0.3 is 14.5 Å². The van der Waals surface area contributed by atoms with Crippen molar-refractivity contribution in [1.29, 1.82) is 0 Å². The second-order valence-corrected chi connectivity index (χ2v) is 12.5. The highest BCUT2D eigenvalue weighted by molar-refractivity contribution is 6.05. The van der Waals surface area contributed by atoms with Crippen LogP contribution >= 0.6 is 0 Å². The molecule has 0 fully saturated rings. The lowest BCUT2D eigenvalue weighted by Gasteiger charge is -2.36. The van der Waals surface area contributed by atoms with Crippen LogP contribution < -0.4 is 10.9 Å². The zero-order chi connectivity index (χ0) is 32.8. The van der Waals surface area contributed by atoms with E-state index >= 15 is 0 Å². The first kappa shape index (κ1) is 30.0. The van der Waals surface area contributed by atoms with E-state index in [1.807, 2.05) is 101 Å². The smallest absolute Gasteiger partial charge is 0.286 e. The van der Waals surface area contributed by atoms with Gasteiger partial charge in [0.25, 0.3) is 17.7 Å². The molecule has 0 saturated heterocycles. The van der Waals surface area contributed by atoms with E-state index in [1.165, 1.54) is 0 Å². The number of aryl methyl sites for hydroxylation is 2. The monoisotopic (exact) mass is 623 g/mol. The van der Waals surface area contributed by atoms with Crippen molar-refractivity contribution in [1.82, 2.24) is 25.3 Å². The van der Waals surface area contributed by atoms with Crippen LogP contribution in [0.5, 0.6) is 0 Å². The molecule has 6 aromatic rings. The van der Waals surface area contributed by atoms with E-state index in [0.717, 1.165) is 49.8 Å². The molecule has 236 valence electrons. The molecular weight excluding hydrogens is 586 g/mol. The Morgan fingerprint density at radius 2 is 1.62 bits per heavy atom. The Morgan fingerprint density at radius 1 is 0.894 bits per heavy atom. The van der Waals surface area contributed by atoms with Gasteiger partial charge in [0.1, 0.15) is 11.7 Å². The number of aromatic amines is 1. The first-order valence-electron chi connectivity index (χ1n) is 16.0. The van der Waals surface area contributed by atoms with E-state index < -0.39 is 23.9 Å². The van der Waals surface area contributed by atoms with Gasteiger partial charge in [-0.15, -0.1) is 0 Å². The van der Waals surface area contributed by atoms with Crippen molar-refractivity contribution in [3.63, 3.8) is 0 Å². The first-order chi connectivity index (χ1) is 22.8. The van der Waals surface area contributed by atoms with Crippen molar-refractivity contribution in [2.24, 2.45) is 13.0 Å². The minimum absolute atomic E-state index is 0.213. The molecule has 0 spiro atoms. The summed E-state index contributed by atoms with van der Waals surface area (Å²) in [6.45, 7) is 5.97. The van der Waals surface area contributed by atoms with Crippen molar-refractivity contribution in [3.05, 3.63) is 131 Å². The molecule has 3 heterocycles. The number of rotatable bonds is 7. The Hall–Kier alpha value is -5.63. The van der Waals surface area contributed by atoms with Crippen molar-refractivity contribution in [2.75, 3.05) is 0 Å². The molecule has 0 aliphatic carbocycles. The average molecular weight is 624 g/mol. The highest BCUT2D eigenvalue weighted by atomic mass is 16.2. The first-order valence-corrected chi connectivity index (χ1v) is 16.0. The number of benzene rings is 4. The van der Waals surface area contributed by atoms with E-state index in [-0.39, 0.29) is 11.8 Å². The number of amides is 3. The molecule has 0 bridgehead atoms. The van der Waals surface area contributed by atoms with Gasteiger partial charge in [-0.3, -0.25) is 25.2 Å². The molecule has 0 saturated carbocycles. The fraction of sp³-hybridized carbons (Fsp3) is 0.205. The third-order valence-electron chi connectivity index (χ3n) is 9.54. The van der Waals surface area contributed by atoms with Crippen LogP contribution in [0.4, 0.5) is 0 Å². The van der Waals surface area contributed by atoms with Gasteiger partial charge in [-0.25, -0.2) is 0 Å². The Morgan fingerprint density at radius 3 is 2.40 bits per heavy atom. The summed E-state index contributed by atoms with van der Waals surface area (Å²) in [6.07, 6.45) is 0.640. The van der Waals surface area contributed by atoms with Gasteiger partial charge in [0, 0.05) is 40.0 Å². The van der Waals surface area contributed by atoms with Crippen molar-refractivity contribution < 1.29 is 14.4 Å². The second-order valence-electron chi connectivity index (χ2n) is 12.5. The molecule has 8 heteroatoms. The molecule has 3 atom stereocenters. The number of nitrogens with one attached hydrogen (secondary N) is 3. The lowest BCUT2D eigenvalue weighted by Crippen LogP contribution is -2.55. The third kappa shape index (κ3) is 5.06. The van der Waals surface area contributed by atoms with Crippen LogP contribution in [0.15, 0.2) is 103 Å². The standard InChI is InChI=1S/C39H37N5O3/c1-5-24(3)34(38(46)42-41-37(45)31-22-26-21-23(2)19-20-30(26)40-31)44-36(27-15-9-10-16-28(27)39(44)47)33-29-17-11-12-18-32(29)43(4)35(33)25-13-7-6-8-14-25/h6-22,24,34,36,40H,5H2,1-4H3,(H,41,45)(H,42,46). The molecule has 1 aliphatic heterocycles. The van der Waals surface area contributed by atoms with E-state index in [9.17, 15) is 14.4 Å². The van der Waals surface area contributed by atoms with Crippen molar-refractivity contribution in [3.8, 4) is 11.3 Å². The molecule has 7 rings (SSSR count). The molecule has 1 aliphatic rings. The van der Waals surface area contributed by atoms with Gasteiger partial charge in [-0.05, 0) is 54.3 Å². The Kier molecular flexibility index (Phi) is 7.64. The van der Waals surface area contributed by atoms with Crippen LogP contribution in [0.2, 0.25) is 0 Å². The number of nitrogens with zero attached hydrogens (tertiary/aromatic N) is 2. The van der Waals surface area contributed by atoms with Gasteiger partial charge in [0.15, 0.2) is 0 Å². The van der Waals surface area contributed by atoms with E-state index in [0.29, 0.717) is 17.7 Å². The fourth-order valence-electron chi connectivity index (χ4n) is 7.08. The lowest BCUT2D eigenvalue weighted by molar-refractivity contribution is -0.128. The summed E-state index contributed by atoms with van der Waals surface area (Å²) in [4.78, 5) is 46.8. The number of carbonyl (C=O) groups is 3. The number of carbonyl (C=O) groups excluding carboxylic acids is 3. The third-order valence-corrected chi connectivity index (χ3v) is 9.54. The van der Waals surface area contributed by atoms with Crippen LogP contribution in [0.25, 0.3) is 33.1 Å². The highest BCUT2D eigenvalue weighted by Gasteiger charge is 2.47. The lowest BCUT2D eigenvalue weighted by atomic mass is 9.90. The SMILES string of the molecule is CCC(C)C(C(=O)NNC(=O)c1cc2cc(C)ccc2[nH]1)N1C(=O)c2ccccc2C1c1c(-c2ccccc2)n(C)c2ccccc12. The van der Waals surface area contributed by atoms with Gasteiger partial charge in [-0.1, -0.05) is 98.6 Å². The molecule has 47 heavy (non-hydrogen) atoms. The number of hydrogen-bond acceptors (Lipinski definition) is 3. The predicted octanol–water partition coefficient (Wildman–Crippen LogP) is 7.06. The summed E-state index contributed by atoms with van der Waals surface area (Å²) < 4.78 is 2.17. The molecule has 8 nitrogen and oxygen atoms in total. The van der Waals surface area contributed by atoms with E-state index in [2.05, 4.69) is 44.7 Å².